The summed E-state index contributed by atoms with van der Waals surface area (Å²) in [5.74, 6) is 0. The smallest absolute Gasteiger partial charge is 0.271 e. The Morgan fingerprint density at radius 2 is 2.33 bits per heavy atom. The number of anilines is 1. The number of nitro benzene ring substituents is 1. The molecule has 0 bridgehead atoms. The molecule has 1 heterocycles. The molecule has 7 nitrogen and oxygen atoms in total. The number of rotatable bonds is 5. The molecule has 0 amide bonds. The van der Waals surface area contributed by atoms with Crippen LogP contribution in [0.25, 0.3) is 0 Å². The fourth-order valence-corrected chi connectivity index (χ4v) is 2.16. The molecular formula is C12H12BrN5O2S. The molecule has 0 aliphatic heterocycles. The van der Waals surface area contributed by atoms with Gasteiger partial charge >= 0.3 is 0 Å². The van der Waals surface area contributed by atoms with Crippen LogP contribution in [0.3, 0.4) is 0 Å². The highest BCUT2D eigenvalue weighted by atomic mass is 79.9. The lowest BCUT2D eigenvalue weighted by atomic mass is 10.3. The summed E-state index contributed by atoms with van der Waals surface area (Å²) in [7, 11) is 0. The highest BCUT2D eigenvalue weighted by Gasteiger charge is 2.06. The SMILES string of the molecule is O=[N+]([O-])c1cccc(NC(=S)NCCn2cc(Br)cn2)c1. The molecule has 2 N–H and O–H groups in total. The number of halogens is 1. The van der Waals surface area contributed by atoms with Crippen LogP contribution < -0.4 is 10.6 Å². The standard InChI is InChI=1S/C12H12BrN5O2S/c13-9-7-15-17(8-9)5-4-14-12(21)16-10-2-1-3-11(6-10)18(19)20/h1-3,6-8H,4-5H2,(H2,14,16,21). The van der Waals surface area contributed by atoms with Gasteiger partial charge in [0.1, 0.15) is 0 Å². The number of benzene rings is 1. The summed E-state index contributed by atoms with van der Waals surface area (Å²) >= 11 is 8.45. The third-order valence-electron chi connectivity index (χ3n) is 2.54. The largest absolute Gasteiger partial charge is 0.361 e. The number of aromatic nitrogens is 2. The predicted octanol–water partition coefficient (Wildman–Crippen LogP) is 2.54. The van der Waals surface area contributed by atoms with Crippen LogP contribution in [-0.2, 0) is 6.54 Å². The maximum absolute atomic E-state index is 10.7. The molecule has 2 rings (SSSR count). The van der Waals surface area contributed by atoms with Gasteiger partial charge in [0, 0.05) is 30.6 Å². The van der Waals surface area contributed by atoms with E-state index in [1.807, 2.05) is 6.20 Å². The first-order valence-electron chi connectivity index (χ1n) is 6.02. The number of nitro groups is 1. The van der Waals surface area contributed by atoms with Gasteiger partial charge in [0.05, 0.1) is 22.1 Å². The number of non-ortho nitro benzene ring substituents is 1. The summed E-state index contributed by atoms with van der Waals surface area (Å²) < 4.78 is 2.69. The summed E-state index contributed by atoms with van der Waals surface area (Å²) in [6, 6.07) is 6.17. The van der Waals surface area contributed by atoms with E-state index in [9.17, 15) is 10.1 Å². The zero-order valence-electron chi connectivity index (χ0n) is 10.8. The molecule has 0 atom stereocenters. The van der Waals surface area contributed by atoms with Crippen molar-refractivity contribution >= 4 is 44.6 Å². The zero-order valence-corrected chi connectivity index (χ0v) is 13.2. The van der Waals surface area contributed by atoms with Gasteiger partial charge in [-0.25, -0.2) is 0 Å². The quantitative estimate of drug-likeness (QED) is 0.478. The minimum Gasteiger partial charge on any atom is -0.361 e. The Kier molecular flexibility index (Phi) is 5.23. The topological polar surface area (TPSA) is 85.0 Å². The van der Waals surface area contributed by atoms with Gasteiger partial charge in [-0.05, 0) is 34.2 Å². The number of thiocarbonyl (C=S) groups is 1. The summed E-state index contributed by atoms with van der Waals surface area (Å²) in [5, 5.41) is 21.1. The van der Waals surface area contributed by atoms with E-state index in [1.54, 1.807) is 23.0 Å². The minimum atomic E-state index is -0.447. The van der Waals surface area contributed by atoms with E-state index in [0.717, 1.165) is 4.47 Å². The Balaban J connectivity index is 1.81. The van der Waals surface area contributed by atoms with Crippen LogP contribution in [0.2, 0.25) is 0 Å². The molecule has 1 aromatic heterocycles. The molecule has 110 valence electrons. The Labute approximate surface area is 134 Å². The van der Waals surface area contributed by atoms with Crippen molar-refractivity contribution in [1.82, 2.24) is 15.1 Å². The van der Waals surface area contributed by atoms with Gasteiger partial charge in [-0.1, -0.05) is 6.07 Å². The van der Waals surface area contributed by atoms with E-state index in [4.69, 9.17) is 12.2 Å². The fraction of sp³-hybridized carbons (Fsp3) is 0.167. The predicted molar refractivity (Wildman–Crippen MR) is 87.2 cm³/mol. The monoisotopic (exact) mass is 369 g/mol. The van der Waals surface area contributed by atoms with Crippen molar-refractivity contribution in [2.75, 3.05) is 11.9 Å². The normalized spacial score (nSPS) is 10.1. The van der Waals surface area contributed by atoms with Crippen molar-refractivity contribution in [1.29, 1.82) is 0 Å². The van der Waals surface area contributed by atoms with E-state index in [1.165, 1.54) is 12.1 Å². The molecule has 0 unspecified atom stereocenters. The molecule has 0 spiro atoms. The Morgan fingerprint density at radius 1 is 1.52 bits per heavy atom. The summed E-state index contributed by atoms with van der Waals surface area (Å²) in [6.07, 6.45) is 3.57. The Morgan fingerprint density at radius 3 is 3.00 bits per heavy atom. The van der Waals surface area contributed by atoms with Crippen LogP contribution in [0, 0.1) is 10.1 Å². The number of nitrogens with zero attached hydrogens (tertiary/aromatic N) is 3. The number of hydrogen-bond donors (Lipinski definition) is 2. The lowest BCUT2D eigenvalue weighted by molar-refractivity contribution is -0.384. The van der Waals surface area contributed by atoms with E-state index < -0.39 is 4.92 Å². The van der Waals surface area contributed by atoms with Gasteiger partial charge in [-0.3, -0.25) is 14.8 Å². The fourth-order valence-electron chi connectivity index (χ4n) is 1.62. The minimum absolute atomic E-state index is 0.0178. The maximum Gasteiger partial charge on any atom is 0.271 e. The van der Waals surface area contributed by atoms with Crippen LogP contribution in [0.4, 0.5) is 11.4 Å². The zero-order chi connectivity index (χ0) is 15.2. The van der Waals surface area contributed by atoms with E-state index in [2.05, 4.69) is 31.7 Å². The molecule has 9 heteroatoms. The van der Waals surface area contributed by atoms with Crippen LogP contribution >= 0.6 is 28.1 Å². The number of nitrogens with one attached hydrogen (secondary N) is 2. The average Bonchev–Trinajstić information content (AvgIpc) is 2.84. The molecule has 0 radical (unpaired) electrons. The second kappa shape index (κ2) is 7.14. The Bertz CT molecular complexity index is 661. The Hall–Kier alpha value is -2.00. The van der Waals surface area contributed by atoms with Crippen molar-refractivity contribution in [3.63, 3.8) is 0 Å². The number of hydrogen-bond acceptors (Lipinski definition) is 4. The summed E-state index contributed by atoms with van der Waals surface area (Å²) in [4.78, 5) is 10.2. The molecule has 21 heavy (non-hydrogen) atoms. The van der Waals surface area contributed by atoms with E-state index in [-0.39, 0.29) is 5.69 Å². The molecule has 0 saturated carbocycles. The van der Waals surface area contributed by atoms with Crippen LogP contribution in [0.5, 0.6) is 0 Å². The first-order valence-corrected chi connectivity index (χ1v) is 7.22. The maximum atomic E-state index is 10.7. The van der Waals surface area contributed by atoms with Gasteiger partial charge in [0.2, 0.25) is 0 Å². The molecule has 0 fully saturated rings. The third kappa shape index (κ3) is 4.80. The second-order valence-electron chi connectivity index (χ2n) is 4.11. The van der Waals surface area contributed by atoms with Gasteiger partial charge < -0.3 is 10.6 Å². The van der Waals surface area contributed by atoms with Crippen molar-refractivity contribution in [3.05, 3.63) is 51.2 Å². The van der Waals surface area contributed by atoms with E-state index >= 15 is 0 Å². The van der Waals surface area contributed by atoms with Crippen molar-refractivity contribution in [3.8, 4) is 0 Å². The first kappa shape index (κ1) is 15.4. The van der Waals surface area contributed by atoms with Crippen molar-refractivity contribution in [2.45, 2.75) is 6.54 Å². The van der Waals surface area contributed by atoms with Gasteiger partial charge in [-0.2, -0.15) is 5.10 Å². The van der Waals surface area contributed by atoms with Gasteiger partial charge in [-0.15, -0.1) is 0 Å². The highest BCUT2D eigenvalue weighted by molar-refractivity contribution is 9.10. The molecular weight excluding hydrogens is 358 g/mol. The molecule has 0 aliphatic carbocycles. The highest BCUT2D eigenvalue weighted by Crippen LogP contribution is 2.16. The second-order valence-corrected chi connectivity index (χ2v) is 5.43. The lowest BCUT2D eigenvalue weighted by Gasteiger charge is -2.10. The molecule has 2 aromatic rings. The summed E-state index contributed by atoms with van der Waals surface area (Å²) in [5.41, 5.74) is 0.590. The first-order chi connectivity index (χ1) is 10.0. The molecule has 0 saturated heterocycles. The average molecular weight is 370 g/mol. The lowest BCUT2D eigenvalue weighted by Crippen LogP contribution is -2.31. The van der Waals surface area contributed by atoms with Crippen LogP contribution in [-0.4, -0.2) is 26.4 Å². The summed E-state index contributed by atoms with van der Waals surface area (Å²) in [6.45, 7) is 1.25. The third-order valence-corrected chi connectivity index (χ3v) is 3.20. The van der Waals surface area contributed by atoms with Crippen molar-refractivity contribution < 1.29 is 4.92 Å². The van der Waals surface area contributed by atoms with Crippen molar-refractivity contribution in [2.24, 2.45) is 0 Å². The molecule has 0 aliphatic rings. The van der Waals surface area contributed by atoms with Crippen LogP contribution in [0.15, 0.2) is 41.1 Å². The van der Waals surface area contributed by atoms with Gasteiger partial charge in [0.15, 0.2) is 5.11 Å². The molecule has 1 aromatic carbocycles. The van der Waals surface area contributed by atoms with E-state index in [0.29, 0.717) is 23.9 Å². The van der Waals surface area contributed by atoms with Crippen LogP contribution in [0.1, 0.15) is 0 Å². The van der Waals surface area contributed by atoms with Gasteiger partial charge in [0.25, 0.3) is 5.69 Å².